The van der Waals surface area contributed by atoms with Crippen LogP contribution in [-0.4, -0.2) is 32.8 Å². The van der Waals surface area contributed by atoms with Crippen molar-refractivity contribution in [2.45, 2.75) is 0 Å². The van der Waals surface area contributed by atoms with E-state index in [0.717, 1.165) is 20.7 Å². The van der Waals surface area contributed by atoms with Crippen molar-refractivity contribution in [1.82, 2.24) is 0 Å². The topological polar surface area (TPSA) is 59.6 Å². The highest BCUT2D eigenvalue weighted by atomic mass is 127. The largest absolute Gasteiger partial charge is 0.491 e. The van der Waals surface area contributed by atoms with Gasteiger partial charge in [-0.25, -0.2) is 0 Å². The Morgan fingerprint density at radius 3 is 2.30 bits per heavy atom. The molecule has 2 aromatic rings. The molecule has 0 heterocycles. The third kappa shape index (κ3) is 6.45. The summed E-state index contributed by atoms with van der Waals surface area (Å²) in [4.78, 5) is 11.9. The van der Waals surface area contributed by atoms with E-state index in [9.17, 15) is 4.79 Å². The van der Waals surface area contributed by atoms with E-state index < -0.39 is 0 Å². The van der Waals surface area contributed by atoms with Crippen molar-refractivity contribution in [3.8, 4) is 5.75 Å². The van der Waals surface area contributed by atoms with Crippen molar-refractivity contribution in [2.24, 2.45) is 0 Å². The van der Waals surface area contributed by atoms with Crippen LogP contribution in [0.25, 0.3) is 0 Å². The van der Waals surface area contributed by atoms with E-state index in [1.165, 1.54) is 0 Å². The van der Waals surface area contributed by atoms with Crippen molar-refractivity contribution in [2.75, 3.05) is 37.5 Å². The number of amides is 1. The average Bonchev–Trinajstić information content (AvgIpc) is 2.56. The highest BCUT2D eigenvalue weighted by molar-refractivity contribution is 14.1. The predicted octanol–water partition coefficient (Wildman–Crippen LogP) is 3.37. The number of rotatable bonds is 8. The van der Waals surface area contributed by atoms with E-state index in [-0.39, 0.29) is 12.5 Å². The van der Waals surface area contributed by atoms with Crippen LogP contribution in [0.15, 0.2) is 48.5 Å². The summed E-state index contributed by atoms with van der Waals surface area (Å²) in [5, 5.41) is 5.92. The second kappa shape index (κ2) is 9.36. The Hall–Kier alpha value is -1.80. The molecule has 0 saturated heterocycles. The lowest BCUT2D eigenvalue weighted by molar-refractivity contribution is -0.114. The van der Waals surface area contributed by atoms with Gasteiger partial charge in [-0.15, -0.1) is 0 Å². The van der Waals surface area contributed by atoms with Crippen LogP contribution in [0.1, 0.15) is 0 Å². The second-order valence-electron chi connectivity index (χ2n) is 4.77. The fourth-order valence-electron chi connectivity index (χ4n) is 1.83. The van der Waals surface area contributed by atoms with E-state index in [2.05, 4.69) is 33.2 Å². The standard InChI is InChI=1S/C17H19IN2O3/c1-22-10-11-23-16-8-6-14(7-9-16)19-12-17(21)20-15-4-2-13(18)3-5-15/h2-9,19H,10-12H2,1H3,(H,20,21). The number of hydrogen-bond donors (Lipinski definition) is 2. The average molecular weight is 426 g/mol. The van der Waals surface area contributed by atoms with Gasteiger partial charge >= 0.3 is 0 Å². The Morgan fingerprint density at radius 2 is 1.65 bits per heavy atom. The summed E-state index contributed by atoms with van der Waals surface area (Å²) in [6, 6.07) is 15.1. The predicted molar refractivity (Wildman–Crippen MR) is 100 cm³/mol. The maximum absolute atomic E-state index is 11.9. The number of benzene rings is 2. The molecule has 23 heavy (non-hydrogen) atoms. The Bertz CT molecular complexity index is 615. The first kappa shape index (κ1) is 17.6. The molecule has 0 aliphatic heterocycles. The quantitative estimate of drug-likeness (QED) is 0.502. The molecule has 0 aliphatic carbocycles. The smallest absolute Gasteiger partial charge is 0.243 e. The minimum Gasteiger partial charge on any atom is -0.491 e. The Kier molecular flexibility index (Phi) is 7.15. The van der Waals surface area contributed by atoms with Gasteiger partial charge in [0, 0.05) is 22.1 Å². The molecular formula is C17H19IN2O3. The zero-order valence-electron chi connectivity index (χ0n) is 12.8. The molecule has 2 aromatic carbocycles. The van der Waals surface area contributed by atoms with Crippen molar-refractivity contribution < 1.29 is 14.3 Å². The number of nitrogens with one attached hydrogen (secondary N) is 2. The molecule has 0 saturated carbocycles. The van der Waals surface area contributed by atoms with Gasteiger partial charge < -0.3 is 20.1 Å². The number of hydrogen-bond acceptors (Lipinski definition) is 4. The van der Waals surface area contributed by atoms with Gasteiger partial charge in [0.2, 0.25) is 5.91 Å². The van der Waals surface area contributed by atoms with Gasteiger partial charge in [0.05, 0.1) is 13.2 Å². The number of anilines is 2. The van der Waals surface area contributed by atoms with Gasteiger partial charge in [-0.1, -0.05) is 0 Å². The van der Waals surface area contributed by atoms with Crippen LogP contribution in [0.3, 0.4) is 0 Å². The molecule has 0 unspecified atom stereocenters. The zero-order chi connectivity index (χ0) is 16.5. The molecule has 2 rings (SSSR count). The molecule has 0 bridgehead atoms. The minimum atomic E-state index is -0.0911. The van der Waals surface area contributed by atoms with Gasteiger partial charge in [0.15, 0.2) is 0 Å². The molecule has 0 atom stereocenters. The van der Waals surface area contributed by atoms with Crippen LogP contribution in [0.2, 0.25) is 0 Å². The van der Waals surface area contributed by atoms with Crippen LogP contribution in [0.4, 0.5) is 11.4 Å². The van der Waals surface area contributed by atoms with E-state index in [1.54, 1.807) is 7.11 Å². The molecule has 0 aliphatic rings. The second-order valence-corrected chi connectivity index (χ2v) is 6.02. The highest BCUT2D eigenvalue weighted by Crippen LogP contribution is 2.15. The van der Waals surface area contributed by atoms with E-state index >= 15 is 0 Å². The first-order chi connectivity index (χ1) is 11.2. The summed E-state index contributed by atoms with van der Waals surface area (Å²) in [6.07, 6.45) is 0. The summed E-state index contributed by atoms with van der Waals surface area (Å²) in [6.45, 7) is 1.27. The fourth-order valence-corrected chi connectivity index (χ4v) is 2.19. The van der Waals surface area contributed by atoms with Gasteiger partial charge in [0.25, 0.3) is 0 Å². The summed E-state index contributed by atoms with van der Waals surface area (Å²) < 4.78 is 11.5. The fraction of sp³-hybridized carbons (Fsp3) is 0.235. The van der Waals surface area contributed by atoms with Crippen LogP contribution >= 0.6 is 22.6 Å². The third-order valence-electron chi connectivity index (χ3n) is 2.99. The number of methoxy groups -OCH3 is 1. The normalized spacial score (nSPS) is 10.2. The lowest BCUT2D eigenvalue weighted by Crippen LogP contribution is -2.21. The third-order valence-corrected chi connectivity index (χ3v) is 3.71. The molecule has 2 N–H and O–H groups in total. The van der Waals surface area contributed by atoms with E-state index in [1.807, 2.05) is 48.5 Å². The summed E-state index contributed by atoms with van der Waals surface area (Å²) in [5.41, 5.74) is 1.65. The zero-order valence-corrected chi connectivity index (χ0v) is 15.0. The monoisotopic (exact) mass is 426 g/mol. The van der Waals surface area contributed by atoms with Gasteiger partial charge in [-0.05, 0) is 71.1 Å². The SMILES string of the molecule is COCCOc1ccc(NCC(=O)Nc2ccc(I)cc2)cc1. The van der Waals surface area contributed by atoms with E-state index in [0.29, 0.717) is 13.2 Å². The van der Waals surface area contributed by atoms with Gasteiger partial charge in [-0.3, -0.25) is 4.79 Å². The number of carbonyl (C=O) groups is 1. The van der Waals surface area contributed by atoms with E-state index in [4.69, 9.17) is 9.47 Å². The van der Waals surface area contributed by atoms with Gasteiger partial charge in [-0.2, -0.15) is 0 Å². The molecule has 0 spiro atoms. The molecule has 0 aromatic heterocycles. The Labute approximate surface area is 149 Å². The number of halogens is 1. The van der Waals surface area contributed by atoms with Gasteiger partial charge in [0.1, 0.15) is 12.4 Å². The van der Waals surface area contributed by atoms with Crippen LogP contribution in [0, 0.1) is 3.57 Å². The molecule has 122 valence electrons. The first-order valence-corrected chi connectivity index (χ1v) is 8.26. The summed E-state index contributed by atoms with van der Waals surface area (Å²) in [5.74, 6) is 0.683. The lowest BCUT2D eigenvalue weighted by atomic mass is 10.3. The Morgan fingerprint density at radius 1 is 1.00 bits per heavy atom. The van der Waals surface area contributed by atoms with Crippen LogP contribution < -0.4 is 15.4 Å². The van der Waals surface area contributed by atoms with Crippen molar-refractivity contribution >= 4 is 39.9 Å². The minimum absolute atomic E-state index is 0.0911. The highest BCUT2D eigenvalue weighted by Gasteiger charge is 2.02. The maximum atomic E-state index is 11.9. The van der Waals surface area contributed by atoms with Crippen LogP contribution in [-0.2, 0) is 9.53 Å². The molecule has 0 radical (unpaired) electrons. The maximum Gasteiger partial charge on any atom is 0.243 e. The molecular weight excluding hydrogens is 407 g/mol. The number of ether oxygens (including phenoxy) is 2. The van der Waals surface area contributed by atoms with Crippen molar-refractivity contribution in [3.63, 3.8) is 0 Å². The lowest BCUT2D eigenvalue weighted by Gasteiger charge is -2.09. The summed E-state index contributed by atoms with van der Waals surface area (Å²) >= 11 is 2.23. The molecule has 0 fully saturated rings. The van der Waals surface area contributed by atoms with Crippen molar-refractivity contribution in [3.05, 3.63) is 52.1 Å². The van der Waals surface area contributed by atoms with Crippen LogP contribution in [0.5, 0.6) is 5.75 Å². The van der Waals surface area contributed by atoms with Crippen molar-refractivity contribution in [1.29, 1.82) is 0 Å². The Balaban J connectivity index is 1.76. The molecule has 6 heteroatoms. The number of carbonyl (C=O) groups excluding carboxylic acids is 1. The molecule has 1 amide bonds. The summed E-state index contributed by atoms with van der Waals surface area (Å²) in [7, 11) is 1.64. The first-order valence-electron chi connectivity index (χ1n) is 7.18. The molecule has 5 nitrogen and oxygen atoms in total.